The lowest BCUT2D eigenvalue weighted by atomic mass is 9.87. The van der Waals surface area contributed by atoms with Crippen molar-refractivity contribution >= 4 is 21.9 Å². The molecule has 2 aromatic heterocycles. The maximum Gasteiger partial charge on any atom is 0.219 e. The molecule has 0 aliphatic heterocycles. The molecule has 6 rings (SSSR count). The summed E-state index contributed by atoms with van der Waals surface area (Å²) in [5.41, 5.74) is 8.57. The summed E-state index contributed by atoms with van der Waals surface area (Å²) in [7, 11) is 1.93. The van der Waals surface area contributed by atoms with Gasteiger partial charge in [0.05, 0.1) is 11.1 Å². The van der Waals surface area contributed by atoms with Gasteiger partial charge in [-0.25, -0.2) is 8.96 Å². The second-order valence-corrected chi connectivity index (χ2v) is 11.4. The Morgan fingerprint density at radius 1 is 0.800 bits per heavy atom. The van der Waals surface area contributed by atoms with Crippen LogP contribution in [0.4, 0.5) is 4.39 Å². The van der Waals surface area contributed by atoms with E-state index in [1.807, 2.05) is 100 Å². The minimum atomic E-state index is -0.321. The number of pyridine rings is 1. The van der Waals surface area contributed by atoms with E-state index in [0.717, 1.165) is 49.8 Å². The molecular formula is C36H30FN2O+. The first kappa shape index (κ1) is 25.5. The van der Waals surface area contributed by atoms with Crippen LogP contribution in [-0.4, -0.2) is 0 Å². The molecule has 3 nitrogen and oxygen atoms in total. The number of hydrogen-bond donors (Lipinski definition) is 0. The van der Waals surface area contributed by atoms with Crippen LogP contribution in [0.25, 0.3) is 55.4 Å². The van der Waals surface area contributed by atoms with Gasteiger partial charge in [0.25, 0.3) is 0 Å². The minimum Gasteiger partial charge on any atom is -0.454 e. The summed E-state index contributed by atoms with van der Waals surface area (Å²) in [6.07, 6.45) is 1.86. The summed E-state index contributed by atoms with van der Waals surface area (Å²) in [5.74, 6) is -0.243. The first-order chi connectivity index (χ1) is 19.2. The van der Waals surface area contributed by atoms with E-state index in [1.54, 1.807) is 6.07 Å². The van der Waals surface area contributed by atoms with E-state index in [4.69, 9.17) is 4.42 Å². The van der Waals surface area contributed by atoms with Crippen LogP contribution in [0, 0.1) is 24.1 Å². The van der Waals surface area contributed by atoms with Crippen LogP contribution in [0.5, 0.6) is 0 Å². The van der Waals surface area contributed by atoms with Crippen molar-refractivity contribution in [2.24, 2.45) is 7.05 Å². The first-order valence-corrected chi connectivity index (χ1v) is 13.4. The van der Waals surface area contributed by atoms with Gasteiger partial charge in [-0.2, -0.15) is 5.26 Å². The van der Waals surface area contributed by atoms with Crippen molar-refractivity contribution in [2.45, 2.75) is 33.1 Å². The van der Waals surface area contributed by atoms with E-state index >= 15 is 4.39 Å². The van der Waals surface area contributed by atoms with Gasteiger partial charge in [-0.3, -0.25) is 0 Å². The zero-order valence-corrected chi connectivity index (χ0v) is 23.3. The van der Waals surface area contributed by atoms with Crippen molar-refractivity contribution in [3.05, 3.63) is 114 Å². The molecule has 0 radical (unpaired) electrons. The lowest BCUT2D eigenvalue weighted by Gasteiger charge is -2.18. The van der Waals surface area contributed by atoms with Crippen molar-refractivity contribution in [2.75, 3.05) is 0 Å². The van der Waals surface area contributed by atoms with E-state index in [-0.39, 0.29) is 11.2 Å². The molecule has 40 heavy (non-hydrogen) atoms. The highest BCUT2D eigenvalue weighted by Gasteiger charge is 2.28. The number of rotatable bonds is 3. The van der Waals surface area contributed by atoms with Gasteiger partial charge in [-0.15, -0.1) is 0 Å². The Labute approximate surface area is 233 Å². The molecule has 0 spiro atoms. The molecule has 6 aromatic rings. The molecule has 4 heteroatoms. The molecule has 0 aliphatic rings. The van der Waals surface area contributed by atoms with Crippen LogP contribution in [0.2, 0.25) is 0 Å². The number of benzene rings is 4. The van der Waals surface area contributed by atoms with E-state index in [2.05, 4.69) is 30.3 Å². The Kier molecular flexibility index (Phi) is 6.04. The average molecular weight is 526 g/mol. The van der Waals surface area contributed by atoms with E-state index in [1.165, 1.54) is 0 Å². The SMILES string of the molecule is Cc1ccc2c(oc3c(C#N)c(-c4ccc(-c5ccccc5)cc4)ccc32)c1-c1cc(F)c(C(C)(C)C)c[n+]1C. The zero-order chi connectivity index (χ0) is 28.2. The van der Waals surface area contributed by atoms with Gasteiger partial charge in [0.2, 0.25) is 5.69 Å². The first-order valence-electron chi connectivity index (χ1n) is 13.4. The monoisotopic (exact) mass is 525 g/mol. The maximum atomic E-state index is 15.4. The van der Waals surface area contributed by atoms with Crippen LogP contribution in [0.15, 0.2) is 95.5 Å². The molecule has 0 bridgehead atoms. The Morgan fingerprint density at radius 2 is 1.43 bits per heavy atom. The van der Waals surface area contributed by atoms with Gasteiger partial charge in [0, 0.05) is 22.4 Å². The molecule has 0 saturated carbocycles. The highest BCUT2D eigenvalue weighted by Crippen LogP contribution is 2.41. The third-order valence-corrected chi connectivity index (χ3v) is 7.72. The van der Waals surface area contributed by atoms with Crippen molar-refractivity contribution in [1.29, 1.82) is 5.26 Å². The standard InChI is InChI=1S/C36H30FN2O/c1-22-11-16-28-27-18-17-26(25-14-12-24(13-15-25)23-9-7-6-8-10-23)29(20-38)34(27)40-35(28)33(22)32-19-31(37)30(21-39(32)5)36(2,3)4/h6-19,21H,1-5H3/q+1. The summed E-state index contributed by atoms with van der Waals surface area (Å²) in [6.45, 7) is 8.02. The van der Waals surface area contributed by atoms with Crippen LogP contribution in [0.3, 0.4) is 0 Å². The molecular weight excluding hydrogens is 495 g/mol. The quantitative estimate of drug-likeness (QED) is 0.216. The highest BCUT2D eigenvalue weighted by molar-refractivity contribution is 6.12. The second kappa shape index (κ2) is 9.47. The van der Waals surface area contributed by atoms with Crippen molar-refractivity contribution in [3.63, 3.8) is 0 Å². The van der Waals surface area contributed by atoms with Gasteiger partial charge in [-0.1, -0.05) is 93.6 Å². The normalized spacial score (nSPS) is 11.7. The average Bonchev–Trinajstić information content (AvgIpc) is 3.32. The van der Waals surface area contributed by atoms with E-state index < -0.39 is 0 Å². The van der Waals surface area contributed by atoms with Gasteiger partial charge in [0.1, 0.15) is 30.1 Å². The van der Waals surface area contributed by atoms with E-state index in [0.29, 0.717) is 22.3 Å². The number of aromatic nitrogens is 1. The summed E-state index contributed by atoms with van der Waals surface area (Å²) >= 11 is 0. The molecule has 0 atom stereocenters. The van der Waals surface area contributed by atoms with Crippen molar-refractivity contribution in [3.8, 4) is 39.6 Å². The highest BCUT2D eigenvalue weighted by atomic mass is 19.1. The Balaban J connectivity index is 1.54. The Hall–Kier alpha value is -4.75. The smallest absolute Gasteiger partial charge is 0.219 e. The Morgan fingerprint density at radius 3 is 2.10 bits per heavy atom. The van der Waals surface area contributed by atoms with Crippen molar-refractivity contribution < 1.29 is 13.4 Å². The van der Waals surface area contributed by atoms with Crippen LogP contribution in [-0.2, 0) is 12.5 Å². The number of nitriles is 1. The molecule has 0 unspecified atom stereocenters. The van der Waals surface area contributed by atoms with Gasteiger partial charge in [-0.05, 0) is 40.7 Å². The number of halogens is 1. The molecule has 2 heterocycles. The van der Waals surface area contributed by atoms with Crippen molar-refractivity contribution in [1.82, 2.24) is 0 Å². The third-order valence-electron chi connectivity index (χ3n) is 7.72. The van der Waals surface area contributed by atoms with Crippen LogP contribution in [0.1, 0.15) is 37.5 Å². The van der Waals surface area contributed by atoms with Gasteiger partial charge >= 0.3 is 0 Å². The fourth-order valence-corrected chi connectivity index (χ4v) is 5.57. The fourth-order valence-electron chi connectivity index (χ4n) is 5.57. The predicted molar refractivity (Wildman–Crippen MR) is 159 cm³/mol. The molecule has 0 fully saturated rings. The lowest BCUT2D eigenvalue weighted by Crippen LogP contribution is -2.34. The third kappa shape index (κ3) is 4.15. The number of furan rings is 1. The maximum absolute atomic E-state index is 15.4. The molecule has 0 aliphatic carbocycles. The molecule has 0 amide bonds. The summed E-state index contributed by atoms with van der Waals surface area (Å²) < 4.78 is 23.8. The summed E-state index contributed by atoms with van der Waals surface area (Å²) in [6, 6.07) is 30.5. The summed E-state index contributed by atoms with van der Waals surface area (Å²) in [5, 5.41) is 12.1. The topological polar surface area (TPSA) is 40.8 Å². The van der Waals surface area contributed by atoms with Gasteiger partial charge < -0.3 is 4.42 Å². The molecule has 0 saturated heterocycles. The number of fused-ring (bicyclic) bond motifs is 3. The largest absolute Gasteiger partial charge is 0.454 e. The fraction of sp³-hybridized carbons (Fsp3) is 0.167. The van der Waals surface area contributed by atoms with Crippen LogP contribution >= 0.6 is 0 Å². The Bertz CT molecular complexity index is 1950. The van der Waals surface area contributed by atoms with Gasteiger partial charge in [0.15, 0.2) is 11.8 Å². The zero-order valence-electron chi connectivity index (χ0n) is 23.3. The molecule has 196 valence electrons. The number of nitrogens with zero attached hydrogens (tertiary/aromatic N) is 2. The van der Waals surface area contributed by atoms with E-state index in [9.17, 15) is 5.26 Å². The number of hydrogen-bond acceptors (Lipinski definition) is 2. The lowest BCUT2D eigenvalue weighted by molar-refractivity contribution is -0.661. The summed E-state index contributed by atoms with van der Waals surface area (Å²) in [4.78, 5) is 0. The molecule has 4 aromatic carbocycles. The minimum absolute atomic E-state index is 0.243. The predicted octanol–water partition coefficient (Wildman–Crippen LogP) is 9.03. The number of aryl methyl sites for hydroxylation is 2. The van der Waals surface area contributed by atoms with Crippen LogP contribution < -0.4 is 4.57 Å². The second-order valence-electron chi connectivity index (χ2n) is 11.4. The molecule has 0 N–H and O–H groups in total.